The summed E-state index contributed by atoms with van der Waals surface area (Å²) in [5, 5.41) is 12.1. The maximum atomic E-state index is 11.9. The lowest BCUT2D eigenvalue weighted by Gasteiger charge is -2.31. The van der Waals surface area contributed by atoms with E-state index in [0.717, 1.165) is 51.0 Å². The van der Waals surface area contributed by atoms with Crippen molar-refractivity contribution in [3.8, 4) is 0 Å². The Bertz CT molecular complexity index is 499. The third-order valence-electron chi connectivity index (χ3n) is 4.46. The second-order valence-electron chi connectivity index (χ2n) is 6.56. The van der Waals surface area contributed by atoms with Gasteiger partial charge in [0, 0.05) is 25.4 Å². The van der Waals surface area contributed by atoms with E-state index in [2.05, 4.69) is 23.2 Å². The molecule has 1 saturated heterocycles. The van der Waals surface area contributed by atoms with E-state index < -0.39 is 0 Å². The van der Waals surface area contributed by atoms with Gasteiger partial charge in [0.2, 0.25) is 5.91 Å². The summed E-state index contributed by atoms with van der Waals surface area (Å²) in [6.07, 6.45) is 4.17. The van der Waals surface area contributed by atoms with E-state index in [1.54, 1.807) is 0 Å². The van der Waals surface area contributed by atoms with Crippen molar-refractivity contribution in [2.45, 2.75) is 39.2 Å². The van der Waals surface area contributed by atoms with Gasteiger partial charge >= 0.3 is 0 Å². The topological polar surface area (TPSA) is 61.8 Å². The molecule has 1 heterocycles. The summed E-state index contributed by atoms with van der Waals surface area (Å²) in [5.41, 5.74) is 2.02. The summed E-state index contributed by atoms with van der Waals surface area (Å²) in [4.78, 5) is 14.3. The molecule has 24 heavy (non-hydrogen) atoms. The zero-order valence-electron chi connectivity index (χ0n) is 14.7. The van der Waals surface area contributed by atoms with Crippen LogP contribution in [0.15, 0.2) is 24.3 Å². The Hall–Kier alpha value is -1.43. The van der Waals surface area contributed by atoms with Crippen LogP contribution in [0.3, 0.4) is 0 Å². The van der Waals surface area contributed by atoms with Crippen LogP contribution in [0, 0.1) is 5.92 Å². The molecule has 0 spiro atoms. The normalized spacial score (nSPS) is 16.2. The summed E-state index contributed by atoms with van der Waals surface area (Å²) in [6, 6.07) is 8.00. The fourth-order valence-electron chi connectivity index (χ4n) is 2.94. The zero-order chi connectivity index (χ0) is 17.2. The van der Waals surface area contributed by atoms with Crippen molar-refractivity contribution < 1.29 is 14.6 Å². The smallest absolute Gasteiger partial charge is 0.250 e. The summed E-state index contributed by atoms with van der Waals surface area (Å²) < 4.78 is 5.34. The molecule has 1 aromatic rings. The van der Waals surface area contributed by atoms with Crippen LogP contribution in [-0.2, 0) is 16.1 Å². The van der Waals surface area contributed by atoms with E-state index >= 15 is 0 Å². The molecule has 5 heteroatoms. The van der Waals surface area contributed by atoms with Gasteiger partial charge in [0.05, 0.1) is 0 Å². The third-order valence-corrected chi connectivity index (χ3v) is 4.46. The van der Waals surface area contributed by atoms with Crippen LogP contribution in [0.2, 0.25) is 0 Å². The first-order valence-corrected chi connectivity index (χ1v) is 9.01. The predicted octanol–water partition coefficient (Wildman–Crippen LogP) is 2.65. The Morgan fingerprint density at radius 3 is 2.88 bits per heavy atom. The number of hydrogen-bond donors (Lipinski definition) is 2. The lowest BCUT2D eigenvalue weighted by molar-refractivity contribution is -0.120. The van der Waals surface area contributed by atoms with E-state index in [1.807, 2.05) is 18.2 Å². The second-order valence-corrected chi connectivity index (χ2v) is 6.56. The molecule has 2 rings (SSSR count). The molecule has 134 valence electrons. The molecule has 1 amide bonds. The number of unbranched alkanes of at least 4 members (excludes halogenated alkanes) is 1. The number of carbonyl (C=O) groups is 1. The maximum Gasteiger partial charge on any atom is 0.250 e. The summed E-state index contributed by atoms with van der Waals surface area (Å²) >= 11 is 0. The minimum atomic E-state index is -0.105. The Morgan fingerprint density at radius 1 is 1.38 bits per heavy atom. The molecule has 1 aromatic carbocycles. The number of aliphatic hydroxyl groups is 1. The third kappa shape index (κ3) is 6.59. The number of amides is 1. The highest BCUT2D eigenvalue weighted by Gasteiger charge is 2.18. The van der Waals surface area contributed by atoms with Crippen LogP contribution < -0.4 is 5.32 Å². The SMILES string of the molecule is CCCCOCC(=O)Nc1cccc(CN2CCC(CO)CC2)c1. The fraction of sp³-hybridized carbons (Fsp3) is 0.632. The standard InChI is InChI=1S/C19H30N2O3/c1-2-3-11-24-15-19(23)20-18-6-4-5-17(12-18)13-21-9-7-16(14-22)8-10-21/h4-6,12,16,22H,2-3,7-11,13-15H2,1H3,(H,20,23). The fourth-order valence-corrected chi connectivity index (χ4v) is 2.94. The molecule has 0 aromatic heterocycles. The lowest BCUT2D eigenvalue weighted by atomic mass is 9.97. The van der Waals surface area contributed by atoms with Gasteiger partial charge in [0.15, 0.2) is 0 Å². The average Bonchev–Trinajstić information content (AvgIpc) is 2.60. The number of hydrogen-bond acceptors (Lipinski definition) is 4. The number of benzene rings is 1. The van der Waals surface area contributed by atoms with Crippen molar-refractivity contribution in [2.24, 2.45) is 5.92 Å². The van der Waals surface area contributed by atoms with Gasteiger partial charge in [-0.05, 0) is 56.0 Å². The average molecular weight is 334 g/mol. The van der Waals surface area contributed by atoms with Crippen molar-refractivity contribution >= 4 is 11.6 Å². The van der Waals surface area contributed by atoms with E-state index in [1.165, 1.54) is 5.56 Å². The summed E-state index contributed by atoms with van der Waals surface area (Å²) in [5.74, 6) is 0.353. The van der Waals surface area contributed by atoms with Gasteiger partial charge in [0.25, 0.3) is 0 Å². The Kier molecular flexibility index (Phi) is 8.22. The van der Waals surface area contributed by atoms with Gasteiger partial charge in [-0.2, -0.15) is 0 Å². The van der Waals surface area contributed by atoms with E-state index in [0.29, 0.717) is 19.1 Å². The van der Waals surface area contributed by atoms with Crippen LogP contribution in [0.5, 0.6) is 0 Å². The molecule has 0 unspecified atom stereocenters. The summed E-state index contributed by atoms with van der Waals surface area (Å²) in [7, 11) is 0. The molecule has 1 aliphatic heterocycles. The van der Waals surface area contributed by atoms with Crippen LogP contribution in [-0.4, -0.2) is 48.8 Å². The summed E-state index contributed by atoms with van der Waals surface area (Å²) in [6.45, 7) is 6.07. The molecule has 1 aliphatic rings. The molecule has 5 nitrogen and oxygen atoms in total. The molecular weight excluding hydrogens is 304 g/mol. The molecule has 0 saturated carbocycles. The van der Waals surface area contributed by atoms with E-state index in [9.17, 15) is 9.90 Å². The van der Waals surface area contributed by atoms with Gasteiger partial charge in [-0.3, -0.25) is 9.69 Å². The number of likely N-dealkylation sites (tertiary alicyclic amines) is 1. The first-order valence-electron chi connectivity index (χ1n) is 9.01. The van der Waals surface area contributed by atoms with Crippen molar-refractivity contribution in [3.05, 3.63) is 29.8 Å². The number of carbonyl (C=O) groups excluding carboxylic acids is 1. The first kappa shape index (κ1) is 18.9. The lowest BCUT2D eigenvalue weighted by Crippen LogP contribution is -2.34. The number of nitrogens with zero attached hydrogens (tertiary/aromatic N) is 1. The number of piperidine rings is 1. The van der Waals surface area contributed by atoms with Crippen molar-refractivity contribution in [1.82, 2.24) is 4.90 Å². The molecule has 0 aliphatic carbocycles. The van der Waals surface area contributed by atoms with E-state index in [4.69, 9.17) is 4.74 Å². The van der Waals surface area contributed by atoms with Crippen molar-refractivity contribution in [2.75, 3.05) is 38.2 Å². The van der Waals surface area contributed by atoms with Gasteiger partial charge in [-0.1, -0.05) is 25.5 Å². The monoisotopic (exact) mass is 334 g/mol. The van der Waals surface area contributed by atoms with Crippen molar-refractivity contribution in [1.29, 1.82) is 0 Å². The van der Waals surface area contributed by atoms with Crippen LogP contribution >= 0.6 is 0 Å². The number of nitrogens with one attached hydrogen (secondary N) is 1. The number of aliphatic hydroxyl groups excluding tert-OH is 1. The number of ether oxygens (including phenoxy) is 1. The highest BCUT2D eigenvalue weighted by Crippen LogP contribution is 2.19. The number of anilines is 1. The van der Waals surface area contributed by atoms with Crippen LogP contribution in [0.25, 0.3) is 0 Å². The predicted molar refractivity (Wildman–Crippen MR) is 95.9 cm³/mol. The molecular formula is C19H30N2O3. The molecule has 0 atom stereocenters. The van der Waals surface area contributed by atoms with Crippen LogP contribution in [0.4, 0.5) is 5.69 Å². The highest BCUT2D eigenvalue weighted by molar-refractivity contribution is 5.91. The van der Waals surface area contributed by atoms with Gasteiger partial charge < -0.3 is 15.2 Å². The quantitative estimate of drug-likeness (QED) is 0.682. The molecule has 0 bridgehead atoms. The minimum absolute atomic E-state index is 0.105. The minimum Gasteiger partial charge on any atom is -0.396 e. The molecule has 2 N–H and O–H groups in total. The maximum absolute atomic E-state index is 11.9. The van der Waals surface area contributed by atoms with E-state index in [-0.39, 0.29) is 12.5 Å². The zero-order valence-corrected chi connectivity index (χ0v) is 14.7. The van der Waals surface area contributed by atoms with Crippen molar-refractivity contribution in [3.63, 3.8) is 0 Å². The van der Waals surface area contributed by atoms with Gasteiger partial charge in [-0.25, -0.2) is 0 Å². The number of rotatable bonds is 9. The second kappa shape index (κ2) is 10.4. The largest absolute Gasteiger partial charge is 0.396 e. The first-order chi connectivity index (χ1) is 11.7. The van der Waals surface area contributed by atoms with Gasteiger partial charge in [0.1, 0.15) is 6.61 Å². The van der Waals surface area contributed by atoms with Gasteiger partial charge in [-0.15, -0.1) is 0 Å². The molecule has 0 radical (unpaired) electrons. The Morgan fingerprint density at radius 2 is 2.17 bits per heavy atom. The Balaban J connectivity index is 1.77. The Labute approximate surface area is 145 Å². The molecule has 1 fully saturated rings. The highest BCUT2D eigenvalue weighted by atomic mass is 16.5. The van der Waals surface area contributed by atoms with Crippen LogP contribution in [0.1, 0.15) is 38.2 Å².